The quantitative estimate of drug-likeness (QED) is 0.770. The van der Waals surface area contributed by atoms with Crippen molar-refractivity contribution in [2.75, 3.05) is 0 Å². The fourth-order valence-corrected chi connectivity index (χ4v) is 4.53. The molecule has 4 rings (SSSR count). The van der Waals surface area contributed by atoms with Crippen molar-refractivity contribution in [2.24, 2.45) is 0 Å². The molecule has 2 heterocycles. The second-order valence-electron chi connectivity index (χ2n) is 6.98. The zero-order chi connectivity index (χ0) is 14.8. The molecule has 2 fully saturated rings. The number of hydrogen-bond donors (Lipinski definition) is 0. The summed E-state index contributed by atoms with van der Waals surface area (Å²) in [5.74, 6) is 0.767. The van der Waals surface area contributed by atoms with Crippen molar-refractivity contribution in [2.45, 2.75) is 56.7 Å². The van der Waals surface area contributed by atoms with E-state index >= 15 is 0 Å². The minimum atomic E-state index is 0.767. The average Bonchev–Trinajstić information content (AvgIpc) is 2.56. The predicted octanol–water partition coefficient (Wildman–Crippen LogP) is 4.99. The van der Waals surface area contributed by atoms with E-state index < -0.39 is 0 Å². The Hall–Kier alpha value is -1.60. The number of fused-ring (bicyclic) bond motifs is 2. The third kappa shape index (κ3) is 2.83. The van der Waals surface area contributed by atoms with Crippen molar-refractivity contribution < 1.29 is 0 Å². The van der Waals surface area contributed by atoms with E-state index in [9.17, 15) is 0 Å². The van der Waals surface area contributed by atoms with Crippen molar-refractivity contribution in [1.82, 2.24) is 4.90 Å². The van der Waals surface area contributed by atoms with E-state index in [2.05, 4.69) is 65.6 Å². The Kier molecular flexibility index (Phi) is 3.99. The Bertz CT molecular complexity index is 578. The van der Waals surface area contributed by atoms with Crippen LogP contribution in [0.3, 0.4) is 0 Å². The molecule has 2 atom stereocenters. The summed E-state index contributed by atoms with van der Waals surface area (Å²) < 4.78 is 0. The zero-order valence-electron chi connectivity index (χ0n) is 13.2. The number of hydrogen-bond acceptors (Lipinski definition) is 1. The number of benzene rings is 2. The molecule has 0 aromatic heterocycles. The van der Waals surface area contributed by atoms with Gasteiger partial charge in [-0.1, -0.05) is 67.1 Å². The van der Waals surface area contributed by atoms with Gasteiger partial charge in [-0.25, -0.2) is 0 Å². The van der Waals surface area contributed by atoms with E-state index in [4.69, 9.17) is 0 Å². The SMILES string of the molecule is c1ccc(CN2C3CCCC2CC(c2ccccc2)C3)cc1. The van der Waals surface area contributed by atoms with Crippen LogP contribution >= 0.6 is 0 Å². The molecule has 0 saturated carbocycles. The first-order valence-electron chi connectivity index (χ1n) is 8.75. The molecular weight excluding hydrogens is 266 g/mol. The molecule has 1 nitrogen and oxygen atoms in total. The summed E-state index contributed by atoms with van der Waals surface area (Å²) in [5, 5.41) is 0. The van der Waals surface area contributed by atoms with E-state index in [0.717, 1.165) is 24.5 Å². The van der Waals surface area contributed by atoms with Crippen molar-refractivity contribution in [3.8, 4) is 0 Å². The highest BCUT2D eigenvalue weighted by Gasteiger charge is 2.38. The maximum absolute atomic E-state index is 2.80. The Labute approximate surface area is 134 Å². The van der Waals surface area contributed by atoms with Gasteiger partial charge in [0.15, 0.2) is 0 Å². The summed E-state index contributed by atoms with van der Waals surface area (Å²) in [6.45, 7) is 1.14. The van der Waals surface area contributed by atoms with Gasteiger partial charge in [0, 0.05) is 18.6 Å². The molecule has 1 heteroatoms. The van der Waals surface area contributed by atoms with Crippen LogP contribution in [0.4, 0.5) is 0 Å². The summed E-state index contributed by atoms with van der Waals surface area (Å²) in [5.41, 5.74) is 3.02. The molecule has 2 bridgehead atoms. The van der Waals surface area contributed by atoms with Crippen LogP contribution in [0.2, 0.25) is 0 Å². The van der Waals surface area contributed by atoms with Crippen molar-refractivity contribution in [3.63, 3.8) is 0 Å². The lowest BCUT2D eigenvalue weighted by molar-refractivity contribution is 0.0231. The Morgan fingerprint density at radius 1 is 0.773 bits per heavy atom. The molecule has 0 spiro atoms. The highest BCUT2D eigenvalue weighted by molar-refractivity contribution is 5.22. The minimum Gasteiger partial charge on any atom is -0.293 e. The molecule has 2 saturated heterocycles. The van der Waals surface area contributed by atoms with Gasteiger partial charge in [0.1, 0.15) is 0 Å². The zero-order valence-corrected chi connectivity index (χ0v) is 13.2. The smallest absolute Gasteiger partial charge is 0.0239 e. The molecule has 0 aliphatic carbocycles. The summed E-state index contributed by atoms with van der Waals surface area (Å²) in [7, 11) is 0. The van der Waals surface area contributed by atoms with Gasteiger partial charge in [-0.05, 0) is 42.7 Å². The highest BCUT2D eigenvalue weighted by atomic mass is 15.2. The largest absolute Gasteiger partial charge is 0.293 e. The van der Waals surface area contributed by atoms with E-state index in [1.807, 2.05) is 0 Å². The second kappa shape index (κ2) is 6.26. The number of rotatable bonds is 3. The molecule has 2 aromatic carbocycles. The molecule has 0 N–H and O–H groups in total. The van der Waals surface area contributed by atoms with Gasteiger partial charge in [-0.3, -0.25) is 4.90 Å². The van der Waals surface area contributed by atoms with Gasteiger partial charge in [0.2, 0.25) is 0 Å². The standard InChI is InChI=1S/C21H25N/c1-3-8-17(9-4-1)16-22-20-12-7-13-21(22)15-19(14-20)18-10-5-2-6-11-18/h1-6,8-11,19-21H,7,12-16H2. The molecule has 0 amide bonds. The molecule has 114 valence electrons. The Balaban J connectivity index is 1.52. The van der Waals surface area contributed by atoms with E-state index in [1.54, 1.807) is 5.56 Å². The third-order valence-electron chi connectivity index (χ3n) is 5.60. The summed E-state index contributed by atoms with van der Waals surface area (Å²) in [6, 6.07) is 23.7. The van der Waals surface area contributed by atoms with Gasteiger partial charge in [-0.15, -0.1) is 0 Å². The Morgan fingerprint density at radius 2 is 1.36 bits per heavy atom. The molecule has 22 heavy (non-hydrogen) atoms. The topological polar surface area (TPSA) is 3.24 Å². The van der Waals surface area contributed by atoms with Crippen molar-refractivity contribution >= 4 is 0 Å². The van der Waals surface area contributed by atoms with Crippen LogP contribution in [0.25, 0.3) is 0 Å². The first-order valence-corrected chi connectivity index (χ1v) is 8.75. The lowest BCUT2D eigenvalue weighted by Crippen LogP contribution is -2.50. The summed E-state index contributed by atoms with van der Waals surface area (Å²) in [4.78, 5) is 2.80. The van der Waals surface area contributed by atoms with E-state index in [0.29, 0.717) is 0 Å². The fraction of sp³-hybridized carbons (Fsp3) is 0.429. The molecule has 2 aromatic rings. The van der Waals surface area contributed by atoms with E-state index in [-0.39, 0.29) is 0 Å². The van der Waals surface area contributed by atoms with Crippen LogP contribution in [0.15, 0.2) is 60.7 Å². The first kappa shape index (κ1) is 14.0. The van der Waals surface area contributed by atoms with Gasteiger partial charge < -0.3 is 0 Å². The predicted molar refractivity (Wildman–Crippen MR) is 91.8 cm³/mol. The van der Waals surface area contributed by atoms with Crippen molar-refractivity contribution in [1.29, 1.82) is 0 Å². The average molecular weight is 291 g/mol. The van der Waals surface area contributed by atoms with Crippen LogP contribution in [0.5, 0.6) is 0 Å². The van der Waals surface area contributed by atoms with Gasteiger partial charge in [0.05, 0.1) is 0 Å². The monoisotopic (exact) mass is 291 g/mol. The van der Waals surface area contributed by atoms with Crippen molar-refractivity contribution in [3.05, 3.63) is 71.8 Å². The lowest BCUT2D eigenvalue weighted by atomic mass is 9.75. The van der Waals surface area contributed by atoms with Gasteiger partial charge in [0.25, 0.3) is 0 Å². The molecular formula is C21H25N. The first-order chi connectivity index (χ1) is 10.9. The molecule has 2 unspecified atom stereocenters. The van der Waals surface area contributed by atoms with Crippen LogP contribution in [-0.4, -0.2) is 17.0 Å². The number of nitrogens with zero attached hydrogens (tertiary/aromatic N) is 1. The number of piperidine rings is 2. The summed E-state index contributed by atoms with van der Waals surface area (Å²) in [6.07, 6.45) is 6.86. The highest BCUT2D eigenvalue weighted by Crippen LogP contribution is 2.42. The second-order valence-corrected chi connectivity index (χ2v) is 6.98. The van der Waals surface area contributed by atoms with Crippen LogP contribution < -0.4 is 0 Å². The molecule has 2 aliphatic heterocycles. The Morgan fingerprint density at radius 3 is 2.00 bits per heavy atom. The lowest BCUT2D eigenvalue weighted by Gasteiger charge is -2.49. The van der Waals surface area contributed by atoms with Crippen LogP contribution in [0.1, 0.15) is 49.1 Å². The normalized spacial score (nSPS) is 28.5. The maximum Gasteiger partial charge on any atom is 0.0239 e. The maximum atomic E-state index is 2.80. The van der Waals surface area contributed by atoms with Gasteiger partial charge in [-0.2, -0.15) is 0 Å². The third-order valence-corrected chi connectivity index (χ3v) is 5.60. The molecule has 2 aliphatic rings. The van der Waals surface area contributed by atoms with Crippen LogP contribution in [0, 0.1) is 0 Å². The summed E-state index contributed by atoms with van der Waals surface area (Å²) >= 11 is 0. The fourth-order valence-electron chi connectivity index (χ4n) is 4.53. The van der Waals surface area contributed by atoms with E-state index in [1.165, 1.54) is 37.7 Å². The van der Waals surface area contributed by atoms with Crippen LogP contribution in [-0.2, 0) is 6.54 Å². The van der Waals surface area contributed by atoms with Gasteiger partial charge >= 0.3 is 0 Å². The minimum absolute atomic E-state index is 0.767. The molecule has 0 radical (unpaired) electrons.